The Balaban J connectivity index is 2.05. The van der Waals surface area contributed by atoms with Crippen LogP contribution in [0, 0.1) is 0 Å². The van der Waals surface area contributed by atoms with Crippen LogP contribution in [-0.4, -0.2) is 19.1 Å². The molecule has 5 nitrogen and oxygen atoms in total. The molecule has 0 spiro atoms. The number of benzene rings is 2. The highest BCUT2D eigenvalue weighted by Gasteiger charge is 2.17. The molecule has 3 N–H and O–H groups in total. The molecule has 2 rings (SSSR count). The molecule has 1 unspecified atom stereocenters. The zero-order valence-electron chi connectivity index (χ0n) is 12.0. The second kappa shape index (κ2) is 6.65. The number of para-hydroxylation sites is 4. The van der Waals surface area contributed by atoms with E-state index in [2.05, 4.69) is 5.32 Å². The Morgan fingerprint density at radius 1 is 1.10 bits per heavy atom. The third kappa shape index (κ3) is 3.66. The van der Waals surface area contributed by atoms with Crippen LogP contribution in [0.15, 0.2) is 48.5 Å². The topological polar surface area (TPSA) is 73.6 Å². The fraction of sp³-hybridized carbons (Fsp3) is 0.188. The first-order chi connectivity index (χ1) is 10.1. The number of anilines is 2. The van der Waals surface area contributed by atoms with Crippen LogP contribution in [0.2, 0.25) is 0 Å². The number of carbonyl (C=O) groups is 1. The number of nitrogen functional groups attached to an aromatic ring is 1. The summed E-state index contributed by atoms with van der Waals surface area (Å²) in [5, 5.41) is 2.74. The lowest BCUT2D eigenvalue weighted by Crippen LogP contribution is -2.30. The van der Waals surface area contributed by atoms with Gasteiger partial charge in [0.25, 0.3) is 5.91 Å². The Hall–Kier alpha value is -2.69. The fourth-order valence-electron chi connectivity index (χ4n) is 1.81. The van der Waals surface area contributed by atoms with Crippen molar-refractivity contribution in [1.82, 2.24) is 0 Å². The molecule has 1 amide bonds. The molecule has 1 atom stereocenters. The van der Waals surface area contributed by atoms with E-state index in [1.807, 2.05) is 12.1 Å². The number of hydrogen-bond acceptors (Lipinski definition) is 4. The summed E-state index contributed by atoms with van der Waals surface area (Å²) in [6.45, 7) is 1.67. The van der Waals surface area contributed by atoms with E-state index >= 15 is 0 Å². The van der Waals surface area contributed by atoms with E-state index in [0.29, 0.717) is 22.9 Å². The maximum absolute atomic E-state index is 12.1. The first-order valence-corrected chi connectivity index (χ1v) is 6.57. The molecule has 0 fully saturated rings. The number of rotatable bonds is 5. The van der Waals surface area contributed by atoms with Crippen molar-refractivity contribution in [1.29, 1.82) is 0 Å². The van der Waals surface area contributed by atoms with Gasteiger partial charge in [-0.25, -0.2) is 0 Å². The summed E-state index contributed by atoms with van der Waals surface area (Å²) in [5.41, 5.74) is 6.87. The summed E-state index contributed by atoms with van der Waals surface area (Å²) in [6.07, 6.45) is -0.680. The minimum atomic E-state index is -0.680. The molecule has 2 aromatic carbocycles. The van der Waals surface area contributed by atoms with Crippen LogP contribution in [0.3, 0.4) is 0 Å². The average Bonchev–Trinajstić information content (AvgIpc) is 2.50. The number of carbonyl (C=O) groups excluding carboxylic acids is 1. The van der Waals surface area contributed by atoms with E-state index in [9.17, 15) is 4.79 Å². The van der Waals surface area contributed by atoms with Gasteiger partial charge in [-0.1, -0.05) is 24.3 Å². The monoisotopic (exact) mass is 286 g/mol. The predicted molar refractivity (Wildman–Crippen MR) is 82.6 cm³/mol. The number of hydrogen-bond donors (Lipinski definition) is 2. The summed E-state index contributed by atoms with van der Waals surface area (Å²) >= 11 is 0. The largest absolute Gasteiger partial charge is 0.493 e. The minimum Gasteiger partial charge on any atom is -0.493 e. The Morgan fingerprint density at radius 3 is 2.38 bits per heavy atom. The summed E-state index contributed by atoms with van der Waals surface area (Å²) in [4.78, 5) is 12.1. The standard InChI is InChI=1S/C16H18N2O3/c1-11(21-15-10-6-5-9-14(15)20-2)16(19)18-13-8-4-3-7-12(13)17/h3-11H,17H2,1-2H3,(H,18,19). The van der Waals surface area contributed by atoms with Gasteiger partial charge >= 0.3 is 0 Å². The average molecular weight is 286 g/mol. The maximum atomic E-state index is 12.1. The molecule has 0 saturated carbocycles. The number of nitrogens with one attached hydrogen (secondary N) is 1. The lowest BCUT2D eigenvalue weighted by molar-refractivity contribution is -0.122. The van der Waals surface area contributed by atoms with Crippen molar-refractivity contribution in [2.24, 2.45) is 0 Å². The van der Waals surface area contributed by atoms with E-state index in [0.717, 1.165) is 0 Å². The van der Waals surface area contributed by atoms with E-state index in [4.69, 9.17) is 15.2 Å². The molecule has 2 aromatic rings. The van der Waals surface area contributed by atoms with Crippen molar-refractivity contribution >= 4 is 17.3 Å². The van der Waals surface area contributed by atoms with Gasteiger partial charge in [0.05, 0.1) is 18.5 Å². The molecule has 0 aliphatic carbocycles. The van der Waals surface area contributed by atoms with E-state index in [-0.39, 0.29) is 5.91 Å². The predicted octanol–water partition coefficient (Wildman–Crippen LogP) is 2.68. The Labute approximate surface area is 123 Å². The summed E-state index contributed by atoms with van der Waals surface area (Å²) in [5.74, 6) is 0.818. The third-order valence-electron chi connectivity index (χ3n) is 2.96. The van der Waals surface area contributed by atoms with Crippen LogP contribution < -0.4 is 20.5 Å². The molecule has 21 heavy (non-hydrogen) atoms. The summed E-state index contributed by atoms with van der Waals surface area (Å²) in [7, 11) is 1.55. The van der Waals surface area contributed by atoms with Crippen molar-refractivity contribution in [2.45, 2.75) is 13.0 Å². The van der Waals surface area contributed by atoms with Crippen molar-refractivity contribution in [2.75, 3.05) is 18.2 Å². The van der Waals surface area contributed by atoms with Crippen molar-refractivity contribution < 1.29 is 14.3 Å². The van der Waals surface area contributed by atoms with Crippen LogP contribution in [0.5, 0.6) is 11.5 Å². The normalized spacial score (nSPS) is 11.5. The second-order valence-corrected chi connectivity index (χ2v) is 4.49. The lowest BCUT2D eigenvalue weighted by atomic mass is 10.2. The third-order valence-corrected chi connectivity index (χ3v) is 2.96. The van der Waals surface area contributed by atoms with Gasteiger partial charge < -0.3 is 20.5 Å². The smallest absolute Gasteiger partial charge is 0.265 e. The first kappa shape index (κ1) is 14.7. The van der Waals surface area contributed by atoms with E-state index in [1.54, 1.807) is 50.4 Å². The quantitative estimate of drug-likeness (QED) is 0.829. The van der Waals surface area contributed by atoms with Crippen molar-refractivity contribution in [3.63, 3.8) is 0 Å². The van der Waals surface area contributed by atoms with Gasteiger partial charge in [-0.05, 0) is 31.2 Å². The van der Waals surface area contributed by atoms with E-state index in [1.165, 1.54) is 0 Å². The molecular weight excluding hydrogens is 268 g/mol. The van der Waals surface area contributed by atoms with Crippen LogP contribution in [0.25, 0.3) is 0 Å². The molecule has 0 aliphatic rings. The first-order valence-electron chi connectivity index (χ1n) is 6.57. The molecule has 5 heteroatoms. The second-order valence-electron chi connectivity index (χ2n) is 4.49. The zero-order valence-corrected chi connectivity index (χ0v) is 12.0. The molecule has 0 heterocycles. The van der Waals surface area contributed by atoms with Gasteiger partial charge in [0.15, 0.2) is 17.6 Å². The minimum absolute atomic E-state index is 0.279. The van der Waals surface area contributed by atoms with Gasteiger partial charge in [-0.15, -0.1) is 0 Å². The number of nitrogens with two attached hydrogens (primary N) is 1. The summed E-state index contributed by atoms with van der Waals surface area (Å²) < 4.78 is 10.8. The molecule has 0 bridgehead atoms. The fourth-order valence-corrected chi connectivity index (χ4v) is 1.81. The molecule has 0 aromatic heterocycles. The van der Waals surface area contributed by atoms with Crippen LogP contribution in [-0.2, 0) is 4.79 Å². The van der Waals surface area contributed by atoms with Gasteiger partial charge in [-0.2, -0.15) is 0 Å². The SMILES string of the molecule is COc1ccccc1OC(C)C(=O)Nc1ccccc1N. The summed E-state index contributed by atoms with van der Waals surface area (Å²) in [6, 6.07) is 14.2. The van der Waals surface area contributed by atoms with Gasteiger partial charge in [0.2, 0.25) is 0 Å². The van der Waals surface area contributed by atoms with E-state index < -0.39 is 6.10 Å². The molecule has 110 valence electrons. The lowest BCUT2D eigenvalue weighted by Gasteiger charge is -2.17. The van der Waals surface area contributed by atoms with Gasteiger partial charge in [-0.3, -0.25) is 4.79 Å². The highest BCUT2D eigenvalue weighted by atomic mass is 16.5. The van der Waals surface area contributed by atoms with Crippen LogP contribution >= 0.6 is 0 Å². The maximum Gasteiger partial charge on any atom is 0.265 e. The molecule has 0 saturated heterocycles. The molecular formula is C16H18N2O3. The van der Waals surface area contributed by atoms with Gasteiger partial charge in [0.1, 0.15) is 0 Å². The Morgan fingerprint density at radius 2 is 1.71 bits per heavy atom. The van der Waals surface area contributed by atoms with Crippen molar-refractivity contribution in [3.05, 3.63) is 48.5 Å². The Kier molecular flexibility index (Phi) is 4.66. The Bertz CT molecular complexity index is 628. The highest BCUT2D eigenvalue weighted by molar-refractivity contribution is 5.96. The molecule has 0 radical (unpaired) electrons. The highest BCUT2D eigenvalue weighted by Crippen LogP contribution is 2.27. The number of amides is 1. The zero-order chi connectivity index (χ0) is 15.2. The number of methoxy groups -OCH3 is 1. The molecule has 0 aliphatic heterocycles. The van der Waals surface area contributed by atoms with Gasteiger partial charge in [0, 0.05) is 0 Å². The van der Waals surface area contributed by atoms with Crippen LogP contribution in [0.4, 0.5) is 11.4 Å². The van der Waals surface area contributed by atoms with Crippen molar-refractivity contribution in [3.8, 4) is 11.5 Å². The number of ether oxygens (including phenoxy) is 2. The van der Waals surface area contributed by atoms with Crippen LogP contribution in [0.1, 0.15) is 6.92 Å².